The van der Waals surface area contributed by atoms with Gasteiger partial charge < -0.3 is 5.73 Å². The van der Waals surface area contributed by atoms with Gasteiger partial charge in [0, 0.05) is 12.4 Å². The summed E-state index contributed by atoms with van der Waals surface area (Å²) in [5.74, 6) is 0.369. The number of benzene rings is 1. The minimum absolute atomic E-state index is 0.242. The third-order valence-electron chi connectivity index (χ3n) is 2.50. The van der Waals surface area contributed by atoms with E-state index in [0.29, 0.717) is 12.2 Å². The summed E-state index contributed by atoms with van der Waals surface area (Å²) >= 11 is 0. The summed E-state index contributed by atoms with van der Waals surface area (Å²) in [5, 5.41) is 0. The highest BCUT2D eigenvalue weighted by atomic mass is 19.1. The Morgan fingerprint density at radius 2 is 1.76 bits per heavy atom. The molecule has 0 saturated carbocycles. The van der Waals surface area contributed by atoms with Crippen LogP contribution in [0.1, 0.15) is 23.0 Å². The molecule has 2 rings (SSSR count). The van der Waals surface area contributed by atoms with Crippen LogP contribution >= 0.6 is 0 Å². The van der Waals surface area contributed by atoms with Crippen LogP contribution in [0.25, 0.3) is 0 Å². The van der Waals surface area contributed by atoms with E-state index in [1.165, 1.54) is 12.1 Å². The lowest BCUT2D eigenvalue weighted by Crippen LogP contribution is -2.16. The van der Waals surface area contributed by atoms with Crippen LogP contribution in [0.2, 0.25) is 0 Å². The summed E-state index contributed by atoms with van der Waals surface area (Å²) in [4.78, 5) is 8.36. The molecule has 17 heavy (non-hydrogen) atoms. The predicted octanol–water partition coefficient (Wildman–Crippen LogP) is 2.17. The van der Waals surface area contributed by atoms with Gasteiger partial charge in [0.05, 0.1) is 6.04 Å². The van der Waals surface area contributed by atoms with Gasteiger partial charge in [-0.3, -0.25) is 0 Å². The van der Waals surface area contributed by atoms with E-state index in [0.717, 1.165) is 11.1 Å². The highest BCUT2D eigenvalue weighted by Gasteiger charge is 2.09. The van der Waals surface area contributed by atoms with Gasteiger partial charge in [-0.05, 0) is 36.6 Å². The number of halogens is 1. The first-order chi connectivity index (χ1) is 8.15. The van der Waals surface area contributed by atoms with Crippen LogP contribution in [0.3, 0.4) is 0 Å². The maximum absolute atomic E-state index is 12.7. The fourth-order valence-electron chi connectivity index (χ4n) is 1.56. The van der Waals surface area contributed by atoms with Crippen LogP contribution in [0.4, 0.5) is 4.39 Å². The molecule has 1 heterocycles. The fourth-order valence-corrected chi connectivity index (χ4v) is 1.56. The predicted molar refractivity (Wildman–Crippen MR) is 63.8 cm³/mol. The molecular weight excluding hydrogens is 217 g/mol. The van der Waals surface area contributed by atoms with Crippen molar-refractivity contribution >= 4 is 0 Å². The molecule has 1 aromatic carbocycles. The molecule has 0 radical (unpaired) electrons. The topological polar surface area (TPSA) is 51.8 Å². The second kappa shape index (κ2) is 5.01. The highest BCUT2D eigenvalue weighted by Crippen LogP contribution is 2.12. The van der Waals surface area contributed by atoms with Crippen molar-refractivity contribution in [1.82, 2.24) is 9.97 Å². The molecule has 88 valence electrons. The minimum Gasteiger partial charge on any atom is -0.321 e. The van der Waals surface area contributed by atoms with Gasteiger partial charge in [0.25, 0.3) is 0 Å². The molecule has 3 nitrogen and oxygen atoms in total. The summed E-state index contributed by atoms with van der Waals surface area (Å²) < 4.78 is 12.7. The molecule has 1 aromatic heterocycles. The molecule has 0 aliphatic heterocycles. The first-order valence-corrected chi connectivity index (χ1v) is 5.44. The molecule has 0 aliphatic carbocycles. The monoisotopic (exact) mass is 231 g/mol. The van der Waals surface area contributed by atoms with Crippen molar-refractivity contribution < 1.29 is 4.39 Å². The van der Waals surface area contributed by atoms with Crippen molar-refractivity contribution in [3.63, 3.8) is 0 Å². The van der Waals surface area contributed by atoms with Gasteiger partial charge in [-0.25, -0.2) is 14.4 Å². The Morgan fingerprint density at radius 3 is 2.35 bits per heavy atom. The van der Waals surface area contributed by atoms with Gasteiger partial charge in [0.2, 0.25) is 0 Å². The number of hydrogen-bond donors (Lipinski definition) is 1. The summed E-state index contributed by atoms with van der Waals surface area (Å²) in [6.45, 7) is 1.93. The van der Waals surface area contributed by atoms with Gasteiger partial charge in [-0.2, -0.15) is 0 Å². The van der Waals surface area contributed by atoms with E-state index in [1.807, 2.05) is 6.92 Å². The number of aryl methyl sites for hydroxylation is 1. The highest BCUT2D eigenvalue weighted by molar-refractivity contribution is 5.18. The van der Waals surface area contributed by atoms with Crippen LogP contribution in [0.5, 0.6) is 0 Å². The minimum atomic E-state index is -0.263. The Morgan fingerprint density at radius 1 is 1.18 bits per heavy atom. The largest absolute Gasteiger partial charge is 0.321 e. The average molecular weight is 231 g/mol. The van der Waals surface area contributed by atoms with Gasteiger partial charge >= 0.3 is 0 Å². The van der Waals surface area contributed by atoms with Crippen LogP contribution in [0.15, 0.2) is 36.7 Å². The van der Waals surface area contributed by atoms with Crippen molar-refractivity contribution in [2.45, 2.75) is 19.4 Å². The number of nitrogens with two attached hydrogens (primary N) is 1. The van der Waals surface area contributed by atoms with E-state index < -0.39 is 0 Å². The third kappa shape index (κ3) is 3.07. The van der Waals surface area contributed by atoms with E-state index in [2.05, 4.69) is 9.97 Å². The third-order valence-corrected chi connectivity index (χ3v) is 2.50. The van der Waals surface area contributed by atoms with Crippen LogP contribution in [-0.2, 0) is 6.42 Å². The van der Waals surface area contributed by atoms with Gasteiger partial charge in [0.1, 0.15) is 11.6 Å². The van der Waals surface area contributed by atoms with E-state index in [9.17, 15) is 4.39 Å². The number of nitrogens with zero attached hydrogens (tertiary/aromatic N) is 2. The zero-order chi connectivity index (χ0) is 12.3. The summed E-state index contributed by atoms with van der Waals surface area (Å²) in [5.41, 5.74) is 7.97. The first kappa shape index (κ1) is 11.7. The molecule has 0 saturated heterocycles. The maximum atomic E-state index is 12.7. The molecule has 2 N–H and O–H groups in total. The quantitative estimate of drug-likeness (QED) is 0.880. The van der Waals surface area contributed by atoms with Gasteiger partial charge in [-0.1, -0.05) is 12.1 Å². The van der Waals surface area contributed by atoms with E-state index in [-0.39, 0.29) is 11.9 Å². The van der Waals surface area contributed by atoms with Gasteiger partial charge in [-0.15, -0.1) is 0 Å². The molecule has 0 bridgehead atoms. The normalized spacial score (nSPS) is 12.4. The first-order valence-electron chi connectivity index (χ1n) is 5.44. The number of hydrogen-bond acceptors (Lipinski definition) is 3. The number of aromatic nitrogens is 2. The van der Waals surface area contributed by atoms with Crippen LogP contribution in [-0.4, -0.2) is 9.97 Å². The lowest BCUT2D eigenvalue weighted by Gasteiger charge is -2.10. The Kier molecular flexibility index (Phi) is 3.44. The molecule has 0 aliphatic rings. The smallest absolute Gasteiger partial charge is 0.145 e. The zero-order valence-electron chi connectivity index (χ0n) is 9.60. The Balaban J connectivity index is 2.08. The lowest BCUT2D eigenvalue weighted by molar-refractivity contribution is 0.624. The Hall–Kier alpha value is -1.81. The van der Waals surface area contributed by atoms with Crippen molar-refractivity contribution in [1.29, 1.82) is 0 Å². The molecule has 0 spiro atoms. The fraction of sp³-hybridized carbons (Fsp3) is 0.231. The van der Waals surface area contributed by atoms with E-state index in [1.54, 1.807) is 24.5 Å². The van der Waals surface area contributed by atoms with E-state index in [4.69, 9.17) is 5.73 Å². The molecule has 1 atom stereocenters. The van der Waals surface area contributed by atoms with E-state index >= 15 is 0 Å². The van der Waals surface area contributed by atoms with Crippen molar-refractivity contribution in [3.8, 4) is 0 Å². The van der Waals surface area contributed by atoms with Crippen LogP contribution < -0.4 is 5.73 Å². The van der Waals surface area contributed by atoms with Crippen LogP contribution in [0, 0.1) is 12.7 Å². The lowest BCUT2D eigenvalue weighted by atomic mass is 10.1. The van der Waals surface area contributed by atoms with Gasteiger partial charge in [0.15, 0.2) is 0 Å². The van der Waals surface area contributed by atoms with Crippen molar-refractivity contribution in [2.75, 3.05) is 0 Å². The van der Waals surface area contributed by atoms with Crippen molar-refractivity contribution in [3.05, 3.63) is 59.4 Å². The molecule has 0 amide bonds. The average Bonchev–Trinajstić information content (AvgIpc) is 2.33. The molecule has 2 aromatic rings. The Bertz CT molecular complexity index is 479. The second-order valence-corrected chi connectivity index (χ2v) is 4.06. The number of rotatable bonds is 3. The SMILES string of the molecule is Cc1cnc(C(N)Cc2ccc(F)cc2)nc1. The zero-order valence-corrected chi connectivity index (χ0v) is 9.60. The molecule has 0 fully saturated rings. The Labute approximate surface area is 99.5 Å². The second-order valence-electron chi connectivity index (χ2n) is 4.06. The molecular formula is C13H14FN3. The summed E-state index contributed by atoms with van der Waals surface area (Å²) in [6, 6.07) is 6.05. The molecule has 4 heteroatoms. The standard InChI is InChI=1S/C13H14FN3/c1-9-7-16-13(17-8-9)12(15)6-10-2-4-11(14)5-3-10/h2-5,7-8,12H,6,15H2,1H3. The maximum Gasteiger partial charge on any atom is 0.145 e. The summed E-state index contributed by atoms with van der Waals surface area (Å²) in [7, 11) is 0. The van der Waals surface area contributed by atoms with Crippen molar-refractivity contribution in [2.24, 2.45) is 5.73 Å². The summed E-state index contributed by atoms with van der Waals surface area (Å²) in [6.07, 6.45) is 4.09. The molecule has 1 unspecified atom stereocenters.